The molecule has 1 aliphatic rings. The molecule has 0 aliphatic heterocycles. The van der Waals surface area contributed by atoms with Crippen LogP contribution in [0.5, 0.6) is 0 Å². The Labute approximate surface area is 101 Å². The monoisotopic (exact) mass is 237 g/mol. The van der Waals surface area contributed by atoms with E-state index in [4.69, 9.17) is 0 Å². The van der Waals surface area contributed by atoms with Crippen LogP contribution in [0.25, 0.3) is 0 Å². The quantitative estimate of drug-likeness (QED) is 0.833. The van der Waals surface area contributed by atoms with Crippen molar-refractivity contribution in [1.29, 1.82) is 0 Å². The van der Waals surface area contributed by atoms with E-state index < -0.39 is 11.5 Å². The van der Waals surface area contributed by atoms with Gasteiger partial charge in [0.25, 0.3) is 0 Å². The minimum Gasteiger partial charge on any atom is -0.480 e. The predicted molar refractivity (Wildman–Crippen MR) is 63.4 cm³/mol. The first-order valence-electron chi connectivity index (χ1n) is 5.86. The molecule has 1 N–H and O–H groups in total. The molecule has 1 heterocycles. The van der Waals surface area contributed by atoms with Crippen LogP contribution in [0, 0.1) is 5.92 Å². The molecule has 1 aromatic rings. The van der Waals surface area contributed by atoms with Gasteiger partial charge >= 0.3 is 5.97 Å². The van der Waals surface area contributed by atoms with Gasteiger partial charge in [-0.15, -0.1) is 0 Å². The number of aryl methyl sites for hydroxylation is 1. The van der Waals surface area contributed by atoms with E-state index in [9.17, 15) is 9.90 Å². The number of aromatic nitrogens is 2. The number of carbonyl (C=O) groups is 1. The van der Waals surface area contributed by atoms with Crippen molar-refractivity contribution < 1.29 is 9.90 Å². The van der Waals surface area contributed by atoms with Crippen molar-refractivity contribution in [3.8, 4) is 0 Å². The summed E-state index contributed by atoms with van der Waals surface area (Å²) in [5, 5.41) is 13.5. The van der Waals surface area contributed by atoms with Gasteiger partial charge in [-0.25, -0.2) is 0 Å². The second-order valence-electron chi connectivity index (χ2n) is 5.11. The summed E-state index contributed by atoms with van der Waals surface area (Å²) in [6, 6.07) is 0. The molecule has 5 nitrogen and oxygen atoms in total. The Hall–Kier alpha value is -1.36. The van der Waals surface area contributed by atoms with Crippen LogP contribution in [0.4, 0.5) is 0 Å². The average molecular weight is 237 g/mol. The molecule has 0 bridgehead atoms. The fraction of sp³-hybridized carbons (Fsp3) is 0.667. The highest BCUT2D eigenvalue weighted by molar-refractivity contribution is 5.79. The zero-order valence-electron chi connectivity index (χ0n) is 10.6. The highest BCUT2D eigenvalue weighted by atomic mass is 16.4. The Bertz CT molecular complexity index is 425. The van der Waals surface area contributed by atoms with Crippen LogP contribution < -0.4 is 0 Å². The number of carboxylic acids is 1. The van der Waals surface area contributed by atoms with E-state index in [-0.39, 0.29) is 5.92 Å². The second kappa shape index (κ2) is 4.14. The van der Waals surface area contributed by atoms with Gasteiger partial charge in [-0.2, -0.15) is 5.10 Å². The second-order valence-corrected chi connectivity index (χ2v) is 5.11. The maximum Gasteiger partial charge on any atom is 0.324 e. The highest BCUT2D eigenvalue weighted by Crippen LogP contribution is 2.43. The van der Waals surface area contributed by atoms with E-state index >= 15 is 0 Å². The lowest BCUT2D eigenvalue weighted by atomic mass is 9.93. The van der Waals surface area contributed by atoms with Gasteiger partial charge in [0.15, 0.2) is 0 Å². The first kappa shape index (κ1) is 12.1. The summed E-state index contributed by atoms with van der Waals surface area (Å²) in [5.41, 5.74) is 0.290. The Morgan fingerprint density at radius 2 is 2.35 bits per heavy atom. The van der Waals surface area contributed by atoms with Crippen molar-refractivity contribution in [2.75, 3.05) is 7.05 Å². The first-order valence-corrected chi connectivity index (χ1v) is 5.86. The van der Waals surface area contributed by atoms with Crippen molar-refractivity contribution in [3.63, 3.8) is 0 Å². The lowest BCUT2D eigenvalue weighted by Crippen LogP contribution is -2.51. The maximum absolute atomic E-state index is 11.5. The van der Waals surface area contributed by atoms with Crippen LogP contribution in [0.1, 0.15) is 25.3 Å². The molecular weight excluding hydrogens is 218 g/mol. The molecule has 1 fully saturated rings. The zero-order valence-corrected chi connectivity index (χ0v) is 10.6. The Morgan fingerprint density at radius 3 is 2.76 bits per heavy atom. The van der Waals surface area contributed by atoms with E-state index in [1.54, 1.807) is 10.9 Å². The minimum atomic E-state index is -0.754. The average Bonchev–Trinajstić information content (AvgIpc) is 3.02. The van der Waals surface area contributed by atoms with Crippen LogP contribution in [-0.4, -0.2) is 38.3 Å². The molecule has 0 radical (unpaired) electrons. The third-order valence-electron chi connectivity index (χ3n) is 3.78. The topological polar surface area (TPSA) is 58.4 Å². The summed E-state index contributed by atoms with van der Waals surface area (Å²) in [6.07, 6.45) is 5.73. The lowest BCUT2D eigenvalue weighted by Gasteiger charge is -2.35. The van der Waals surface area contributed by atoms with Crippen LogP contribution in [0.2, 0.25) is 0 Å². The number of rotatable bonds is 5. The van der Waals surface area contributed by atoms with Gasteiger partial charge in [-0.3, -0.25) is 14.4 Å². The molecule has 5 heteroatoms. The summed E-state index contributed by atoms with van der Waals surface area (Å²) in [4.78, 5) is 13.4. The third-order valence-corrected chi connectivity index (χ3v) is 3.78. The molecule has 1 atom stereocenters. The van der Waals surface area contributed by atoms with Crippen LogP contribution in [-0.2, 0) is 18.4 Å². The standard InChI is InChI=1S/C12H19N3O2/c1-12(11(16)17,10-4-5-10)14(2)7-9-6-13-15(3)8-9/h6,8,10H,4-5,7H2,1-3H3,(H,16,17). The minimum absolute atomic E-state index is 0.279. The number of likely N-dealkylation sites (N-methyl/N-ethyl adjacent to an activating group) is 1. The summed E-state index contributed by atoms with van der Waals surface area (Å²) in [5.74, 6) is -0.451. The van der Waals surface area contributed by atoms with Gasteiger partial charge in [0.1, 0.15) is 5.54 Å². The maximum atomic E-state index is 11.5. The number of aliphatic carboxylic acids is 1. The fourth-order valence-corrected chi connectivity index (χ4v) is 2.29. The van der Waals surface area contributed by atoms with Crippen molar-refractivity contribution in [2.45, 2.75) is 31.8 Å². The Kier molecular flexibility index (Phi) is 2.95. The molecule has 17 heavy (non-hydrogen) atoms. The van der Waals surface area contributed by atoms with Crippen molar-refractivity contribution in [1.82, 2.24) is 14.7 Å². The van der Waals surface area contributed by atoms with Crippen molar-refractivity contribution in [2.24, 2.45) is 13.0 Å². The van der Waals surface area contributed by atoms with Gasteiger partial charge in [-0.1, -0.05) is 0 Å². The third kappa shape index (κ3) is 2.20. The van der Waals surface area contributed by atoms with Gasteiger partial charge in [0, 0.05) is 25.4 Å². The Balaban J connectivity index is 2.12. The van der Waals surface area contributed by atoms with E-state index in [2.05, 4.69) is 5.10 Å². The molecular formula is C12H19N3O2. The molecule has 1 unspecified atom stereocenters. The van der Waals surface area contributed by atoms with Crippen molar-refractivity contribution >= 4 is 5.97 Å². The van der Waals surface area contributed by atoms with Crippen LogP contribution in [0.3, 0.4) is 0 Å². The molecule has 1 aliphatic carbocycles. The van der Waals surface area contributed by atoms with Gasteiger partial charge in [0.2, 0.25) is 0 Å². The normalized spacial score (nSPS) is 19.3. The van der Waals surface area contributed by atoms with Crippen LogP contribution in [0.15, 0.2) is 12.4 Å². The van der Waals surface area contributed by atoms with E-state index in [1.807, 2.05) is 32.1 Å². The summed E-state index contributed by atoms with van der Waals surface area (Å²) >= 11 is 0. The molecule has 0 saturated heterocycles. The fourth-order valence-electron chi connectivity index (χ4n) is 2.29. The largest absolute Gasteiger partial charge is 0.480 e. The predicted octanol–water partition coefficient (Wildman–Crippen LogP) is 1.11. The number of carboxylic acid groups (broad SMARTS) is 1. The van der Waals surface area contributed by atoms with E-state index in [0.29, 0.717) is 6.54 Å². The summed E-state index contributed by atoms with van der Waals surface area (Å²) in [6.45, 7) is 2.44. The van der Waals surface area contributed by atoms with Crippen molar-refractivity contribution in [3.05, 3.63) is 18.0 Å². The number of nitrogens with zero attached hydrogens (tertiary/aromatic N) is 3. The summed E-state index contributed by atoms with van der Waals surface area (Å²) < 4.78 is 1.73. The number of hydrogen-bond donors (Lipinski definition) is 1. The Morgan fingerprint density at radius 1 is 1.71 bits per heavy atom. The SMILES string of the molecule is CN(Cc1cnn(C)c1)C(C)(C(=O)O)C1CC1. The lowest BCUT2D eigenvalue weighted by molar-refractivity contribution is -0.151. The zero-order chi connectivity index (χ0) is 12.6. The first-order chi connectivity index (χ1) is 7.94. The molecule has 0 spiro atoms. The van der Waals surface area contributed by atoms with Gasteiger partial charge in [0.05, 0.1) is 6.20 Å². The number of hydrogen-bond acceptors (Lipinski definition) is 3. The molecule has 1 saturated carbocycles. The molecule has 0 amide bonds. The van der Waals surface area contributed by atoms with Gasteiger partial charge < -0.3 is 5.11 Å². The molecule has 1 aromatic heterocycles. The van der Waals surface area contributed by atoms with E-state index in [0.717, 1.165) is 18.4 Å². The van der Waals surface area contributed by atoms with Crippen LogP contribution >= 0.6 is 0 Å². The molecule has 0 aromatic carbocycles. The summed E-state index contributed by atoms with van der Waals surface area (Å²) in [7, 11) is 3.74. The van der Waals surface area contributed by atoms with E-state index in [1.165, 1.54) is 0 Å². The molecule has 2 rings (SSSR count). The highest BCUT2D eigenvalue weighted by Gasteiger charge is 2.50. The molecule has 94 valence electrons. The van der Waals surface area contributed by atoms with Gasteiger partial charge in [-0.05, 0) is 32.7 Å². The smallest absolute Gasteiger partial charge is 0.324 e.